The number of ketones is 1. The molecule has 2 rings (SSSR count). The Bertz CT molecular complexity index is 366. The van der Waals surface area contributed by atoms with Gasteiger partial charge in [-0.2, -0.15) is 5.10 Å². The number of rotatable bonds is 1. The monoisotopic (exact) mass is 256 g/mol. The summed E-state index contributed by atoms with van der Waals surface area (Å²) in [6.07, 6.45) is 4.08. The van der Waals surface area contributed by atoms with E-state index in [1.807, 2.05) is 11.7 Å². The van der Waals surface area contributed by atoms with Crippen molar-refractivity contribution >= 4 is 21.7 Å². The van der Waals surface area contributed by atoms with Gasteiger partial charge in [0.2, 0.25) is 0 Å². The third-order valence-electron chi connectivity index (χ3n) is 3.01. The molecule has 0 N–H and O–H groups in total. The molecular weight excluding hydrogens is 244 g/mol. The van der Waals surface area contributed by atoms with Crippen molar-refractivity contribution in [2.45, 2.75) is 31.6 Å². The van der Waals surface area contributed by atoms with Crippen LogP contribution in [0.1, 0.15) is 31.9 Å². The first kappa shape index (κ1) is 9.90. The van der Waals surface area contributed by atoms with E-state index < -0.39 is 0 Å². The fourth-order valence-electron chi connectivity index (χ4n) is 2.32. The summed E-state index contributed by atoms with van der Waals surface area (Å²) in [5.74, 6) is 0.362. The summed E-state index contributed by atoms with van der Waals surface area (Å²) in [4.78, 5) is 11.3. The summed E-state index contributed by atoms with van der Waals surface area (Å²) in [5.41, 5.74) is 1.12. The van der Waals surface area contributed by atoms with Crippen LogP contribution in [0.25, 0.3) is 0 Å². The first-order valence-electron chi connectivity index (χ1n) is 4.73. The Labute approximate surface area is 91.6 Å². The zero-order chi connectivity index (χ0) is 10.3. The van der Waals surface area contributed by atoms with Gasteiger partial charge < -0.3 is 0 Å². The van der Waals surface area contributed by atoms with Gasteiger partial charge in [0.05, 0.1) is 16.4 Å². The van der Waals surface area contributed by atoms with Crippen molar-refractivity contribution < 1.29 is 4.79 Å². The highest BCUT2D eigenvalue weighted by Gasteiger charge is 2.39. The minimum absolute atomic E-state index is 0.0266. The third kappa shape index (κ3) is 1.41. The van der Waals surface area contributed by atoms with Crippen molar-refractivity contribution in [1.82, 2.24) is 9.78 Å². The smallest absolute Gasteiger partial charge is 0.133 e. The van der Waals surface area contributed by atoms with E-state index in [1.165, 1.54) is 0 Å². The quantitative estimate of drug-likeness (QED) is 0.773. The molecule has 0 saturated heterocycles. The number of hydrogen-bond donors (Lipinski definition) is 0. The number of aromatic nitrogens is 2. The van der Waals surface area contributed by atoms with Gasteiger partial charge in [0.1, 0.15) is 5.78 Å². The molecule has 0 aliphatic heterocycles. The highest BCUT2D eigenvalue weighted by Crippen LogP contribution is 2.41. The Balaban J connectivity index is 2.44. The summed E-state index contributed by atoms with van der Waals surface area (Å²) in [7, 11) is 1.92. The van der Waals surface area contributed by atoms with Crippen LogP contribution < -0.4 is 0 Å². The lowest BCUT2D eigenvalue weighted by Crippen LogP contribution is -2.22. The van der Waals surface area contributed by atoms with Crippen LogP contribution in [0.3, 0.4) is 0 Å². The van der Waals surface area contributed by atoms with E-state index in [4.69, 9.17) is 0 Å². The molecule has 1 unspecified atom stereocenters. The molecule has 0 spiro atoms. The fraction of sp³-hybridized carbons (Fsp3) is 0.600. The lowest BCUT2D eigenvalue weighted by atomic mass is 9.85. The van der Waals surface area contributed by atoms with Crippen LogP contribution in [0.5, 0.6) is 0 Å². The molecule has 0 bridgehead atoms. The van der Waals surface area contributed by atoms with Crippen LogP contribution in [0, 0.1) is 0 Å². The lowest BCUT2D eigenvalue weighted by molar-refractivity contribution is -0.117. The molecule has 14 heavy (non-hydrogen) atoms. The molecule has 3 nitrogen and oxygen atoms in total. The molecule has 1 aromatic rings. The van der Waals surface area contributed by atoms with Gasteiger partial charge in [0, 0.05) is 25.3 Å². The molecule has 1 aliphatic rings. The van der Waals surface area contributed by atoms with Crippen LogP contribution in [-0.2, 0) is 17.3 Å². The van der Waals surface area contributed by atoms with E-state index in [9.17, 15) is 4.79 Å². The van der Waals surface area contributed by atoms with Gasteiger partial charge in [-0.1, -0.05) is 6.92 Å². The molecule has 0 radical (unpaired) electrons. The number of carbonyl (C=O) groups is 1. The van der Waals surface area contributed by atoms with Crippen LogP contribution in [0.4, 0.5) is 0 Å². The molecular formula is C10H13BrN2O. The average molecular weight is 257 g/mol. The van der Waals surface area contributed by atoms with Gasteiger partial charge in [0.25, 0.3) is 0 Å². The lowest BCUT2D eigenvalue weighted by Gasteiger charge is -2.23. The Kier molecular flexibility index (Phi) is 2.26. The molecule has 1 fully saturated rings. The van der Waals surface area contributed by atoms with Crippen molar-refractivity contribution in [3.05, 3.63) is 16.4 Å². The second-order valence-corrected chi connectivity index (χ2v) is 5.10. The largest absolute Gasteiger partial charge is 0.300 e. The van der Waals surface area contributed by atoms with E-state index in [0.29, 0.717) is 18.6 Å². The highest BCUT2D eigenvalue weighted by atomic mass is 79.9. The molecule has 1 aliphatic carbocycles. The molecule has 0 amide bonds. The Morgan fingerprint density at radius 2 is 2.36 bits per heavy atom. The van der Waals surface area contributed by atoms with Crippen molar-refractivity contribution in [3.63, 3.8) is 0 Å². The zero-order valence-corrected chi connectivity index (χ0v) is 9.97. The summed E-state index contributed by atoms with van der Waals surface area (Å²) < 4.78 is 2.88. The number of nitrogens with zero attached hydrogens (tertiary/aromatic N) is 2. The second-order valence-electron chi connectivity index (χ2n) is 4.24. The summed E-state index contributed by atoms with van der Waals surface area (Å²) in [6.45, 7) is 2.14. The van der Waals surface area contributed by atoms with Gasteiger partial charge in [-0.05, 0) is 22.4 Å². The normalized spacial score (nSPS) is 27.2. The maximum Gasteiger partial charge on any atom is 0.133 e. The van der Waals surface area contributed by atoms with E-state index in [1.54, 1.807) is 6.20 Å². The summed E-state index contributed by atoms with van der Waals surface area (Å²) >= 11 is 3.49. The van der Waals surface area contributed by atoms with Crippen LogP contribution in [-0.4, -0.2) is 15.6 Å². The SMILES string of the molecule is Cn1ncc(Br)c1C1(C)CCC(=O)C1. The number of carbonyl (C=O) groups excluding carboxylic acids is 1. The Morgan fingerprint density at radius 1 is 1.64 bits per heavy atom. The summed E-state index contributed by atoms with van der Waals surface area (Å²) in [6, 6.07) is 0. The predicted molar refractivity (Wildman–Crippen MR) is 57.1 cm³/mol. The fourth-order valence-corrected chi connectivity index (χ4v) is 3.15. The molecule has 1 atom stereocenters. The van der Waals surface area contributed by atoms with Crippen LogP contribution in [0.2, 0.25) is 0 Å². The maximum absolute atomic E-state index is 11.3. The average Bonchev–Trinajstić information content (AvgIpc) is 2.58. The van der Waals surface area contributed by atoms with Gasteiger partial charge in [-0.3, -0.25) is 9.48 Å². The van der Waals surface area contributed by atoms with Crippen molar-refractivity contribution in [2.75, 3.05) is 0 Å². The molecule has 1 aromatic heterocycles. The number of aryl methyl sites for hydroxylation is 1. The van der Waals surface area contributed by atoms with Crippen LogP contribution in [0.15, 0.2) is 10.7 Å². The first-order valence-corrected chi connectivity index (χ1v) is 5.52. The predicted octanol–water partition coefficient (Wildman–Crippen LogP) is 2.19. The second kappa shape index (κ2) is 3.19. The molecule has 4 heteroatoms. The van der Waals surface area contributed by atoms with Crippen molar-refractivity contribution in [1.29, 1.82) is 0 Å². The van der Waals surface area contributed by atoms with E-state index in [0.717, 1.165) is 16.6 Å². The number of Topliss-reactive ketones (excluding diaryl/α,β-unsaturated/α-hetero) is 1. The van der Waals surface area contributed by atoms with Gasteiger partial charge >= 0.3 is 0 Å². The zero-order valence-electron chi connectivity index (χ0n) is 8.38. The highest BCUT2D eigenvalue weighted by molar-refractivity contribution is 9.10. The van der Waals surface area contributed by atoms with Crippen LogP contribution >= 0.6 is 15.9 Å². The molecule has 1 heterocycles. The topological polar surface area (TPSA) is 34.9 Å². The van der Waals surface area contributed by atoms with Gasteiger partial charge in [-0.15, -0.1) is 0 Å². The number of hydrogen-bond acceptors (Lipinski definition) is 2. The maximum atomic E-state index is 11.3. The minimum Gasteiger partial charge on any atom is -0.300 e. The van der Waals surface area contributed by atoms with Crippen molar-refractivity contribution in [2.24, 2.45) is 7.05 Å². The van der Waals surface area contributed by atoms with Gasteiger partial charge in [-0.25, -0.2) is 0 Å². The minimum atomic E-state index is -0.0266. The third-order valence-corrected chi connectivity index (χ3v) is 3.59. The Morgan fingerprint density at radius 3 is 2.79 bits per heavy atom. The van der Waals surface area contributed by atoms with E-state index >= 15 is 0 Å². The summed E-state index contributed by atoms with van der Waals surface area (Å²) in [5, 5.41) is 4.19. The van der Waals surface area contributed by atoms with E-state index in [2.05, 4.69) is 28.0 Å². The van der Waals surface area contributed by atoms with Crippen molar-refractivity contribution in [3.8, 4) is 0 Å². The molecule has 0 aromatic carbocycles. The van der Waals surface area contributed by atoms with Gasteiger partial charge in [0.15, 0.2) is 0 Å². The Hall–Kier alpha value is -0.640. The molecule has 1 saturated carbocycles. The first-order chi connectivity index (χ1) is 6.53. The number of halogens is 1. The standard InChI is InChI=1S/C10H13BrN2O/c1-10(4-3-7(14)5-10)9-8(11)6-12-13(9)2/h6H,3-5H2,1-2H3. The van der Waals surface area contributed by atoms with E-state index in [-0.39, 0.29) is 5.41 Å². The molecule has 76 valence electrons.